The molecule has 0 fully saturated rings. The maximum Gasteiger partial charge on any atom is 0.335 e. The number of carboxylic acid groups (broad SMARTS) is 1. The van der Waals surface area contributed by atoms with Crippen LogP contribution in [0, 0.1) is 0 Å². The van der Waals surface area contributed by atoms with Crippen molar-refractivity contribution in [3.63, 3.8) is 0 Å². The second kappa shape index (κ2) is 8.09. The predicted molar refractivity (Wildman–Crippen MR) is 72.1 cm³/mol. The van der Waals surface area contributed by atoms with E-state index in [1.54, 1.807) is 12.1 Å². The fraction of sp³-hybridized carbons (Fsp3) is 0.462. The molecule has 0 aliphatic heterocycles. The standard InChI is InChI=1S/C13H19NO2.ClH/c1-3-14(4-2)10-9-11-7-5-6-8-12(11)13(15)16;/h5-8H,3-4,9-10H2,1-2H3,(H,15,16);1H. The quantitative estimate of drug-likeness (QED) is 0.852. The number of rotatable bonds is 6. The van der Waals surface area contributed by atoms with Crippen LogP contribution in [0.4, 0.5) is 0 Å². The number of carbonyl (C=O) groups is 1. The van der Waals surface area contributed by atoms with E-state index in [9.17, 15) is 4.79 Å². The normalized spacial score (nSPS) is 10.1. The lowest BCUT2D eigenvalue weighted by atomic mass is 10.0. The van der Waals surface area contributed by atoms with Gasteiger partial charge >= 0.3 is 5.97 Å². The van der Waals surface area contributed by atoms with Crippen LogP contribution in [0.25, 0.3) is 0 Å². The average Bonchev–Trinajstić information content (AvgIpc) is 2.30. The number of hydrogen-bond acceptors (Lipinski definition) is 2. The Bertz CT molecular complexity index is 351. The third-order valence-electron chi connectivity index (χ3n) is 2.84. The fourth-order valence-corrected chi connectivity index (χ4v) is 1.77. The third-order valence-corrected chi connectivity index (χ3v) is 2.84. The van der Waals surface area contributed by atoms with Gasteiger partial charge in [0.05, 0.1) is 5.56 Å². The molecule has 0 aromatic heterocycles. The third kappa shape index (κ3) is 4.75. The lowest BCUT2D eigenvalue weighted by molar-refractivity contribution is 0.0695. The summed E-state index contributed by atoms with van der Waals surface area (Å²) in [6.45, 7) is 7.16. The molecule has 0 amide bonds. The minimum absolute atomic E-state index is 0. The molecule has 17 heavy (non-hydrogen) atoms. The summed E-state index contributed by atoms with van der Waals surface area (Å²) in [5.74, 6) is -0.838. The van der Waals surface area contributed by atoms with Gasteiger partial charge in [0.15, 0.2) is 0 Å². The number of nitrogens with zero attached hydrogens (tertiary/aromatic N) is 1. The summed E-state index contributed by atoms with van der Waals surface area (Å²) in [6.07, 6.45) is 0.796. The molecule has 4 heteroatoms. The van der Waals surface area contributed by atoms with Crippen LogP contribution in [0.3, 0.4) is 0 Å². The molecule has 0 unspecified atom stereocenters. The molecule has 0 spiro atoms. The molecule has 1 aromatic rings. The van der Waals surface area contributed by atoms with E-state index in [-0.39, 0.29) is 12.4 Å². The van der Waals surface area contributed by atoms with Crippen LogP contribution in [0.1, 0.15) is 29.8 Å². The molecule has 0 radical (unpaired) electrons. The van der Waals surface area contributed by atoms with E-state index in [4.69, 9.17) is 5.11 Å². The topological polar surface area (TPSA) is 40.5 Å². The summed E-state index contributed by atoms with van der Waals surface area (Å²) >= 11 is 0. The Kier molecular flexibility index (Phi) is 7.59. The Morgan fingerprint density at radius 3 is 2.35 bits per heavy atom. The summed E-state index contributed by atoms with van der Waals surface area (Å²) in [5.41, 5.74) is 1.34. The van der Waals surface area contributed by atoms with Gasteiger partial charge in [0.2, 0.25) is 0 Å². The summed E-state index contributed by atoms with van der Waals surface area (Å²) in [4.78, 5) is 13.3. The molecule has 0 aliphatic carbocycles. The number of halogens is 1. The first-order valence-corrected chi connectivity index (χ1v) is 5.72. The zero-order chi connectivity index (χ0) is 12.0. The van der Waals surface area contributed by atoms with Crippen LogP contribution in [0.15, 0.2) is 24.3 Å². The van der Waals surface area contributed by atoms with E-state index < -0.39 is 5.97 Å². The number of likely N-dealkylation sites (N-methyl/N-ethyl adjacent to an activating group) is 1. The lowest BCUT2D eigenvalue weighted by Gasteiger charge is -2.18. The van der Waals surface area contributed by atoms with E-state index >= 15 is 0 Å². The first-order chi connectivity index (χ1) is 7.69. The number of benzene rings is 1. The fourth-order valence-electron chi connectivity index (χ4n) is 1.77. The van der Waals surface area contributed by atoms with Gasteiger partial charge in [-0.15, -0.1) is 12.4 Å². The molecule has 0 atom stereocenters. The molecule has 0 aliphatic rings. The number of hydrogen-bond donors (Lipinski definition) is 1. The van der Waals surface area contributed by atoms with Crippen molar-refractivity contribution in [3.05, 3.63) is 35.4 Å². The molecule has 1 rings (SSSR count). The zero-order valence-corrected chi connectivity index (χ0v) is 11.2. The van der Waals surface area contributed by atoms with Gasteiger partial charge in [0, 0.05) is 6.54 Å². The van der Waals surface area contributed by atoms with Gasteiger partial charge in [-0.1, -0.05) is 32.0 Å². The Labute approximate surface area is 109 Å². The highest BCUT2D eigenvalue weighted by Gasteiger charge is 2.09. The summed E-state index contributed by atoms with van der Waals surface area (Å²) in [6, 6.07) is 7.22. The van der Waals surface area contributed by atoms with Crippen LogP contribution in [-0.2, 0) is 6.42 Å². The maximum atomic E-state index is 11.0. The predicted octanol–water partition coefficient (Wildman–Crippen LogP) is 2.69. The first-order valence-electron chi connectivity index (χ1n) is 5.72. The highest BCUT2D eigenvalue weighted by molar-refractivity contribution is 5.89. The van der Waals surface area contributed by atoms with E-state index in [1.807, 2.05) is 12.1 Å². The lowest BCUT2D eigenvalue weighted by Crippen LogP contribution is -2.25. The molecule has 0 saturated carbocycles. The molecule has 0 bridgehead atoms. The van der Waals surface area contributed by atoms with Crippen LogP contribution in [0.2, 0.25) is 0 Å². The largest absolute Gasteiger partial charge is 0.478 e. The molecule has 1 N–H and O–H groups in total. The average molecular weight is 258 g/mol. The Morgan fingerprint density at radius 1 is 1.24 bits per heavy atom. The van der Waals surface area contributed by atoms with E-state index in [0.717, 1.165) is 31.6 Å². The van der Waals surface area contributed by atoms with E-state index in [1.165, 1.54) is 0 Å². The van der Waals surface area contributed by atoms with Gasteiger partial charge in [-0.2, -0.15) is 0 Å². The van der Waals surface area contributed by atoms with Crippen molar-refractivity contribution in [3.8, 4) is 0 Å². The summed E-state index contributed by atoms with van der Waals surface area (Å²) in [5, 5.41) is 9.03. The van der Waals surface area contributed by atoms with Crippen LogP contribution >= 0.6 is 12.4 Å². The molecule has 3 nitrogen and oxygen atoms in total. The van der Waals surface area contributed by atoms with Gasteiger partial charge in [0.25, 0.3) is 0 Å². The van der Waals surface area contributed by atoms with Crippen molar-refractivity contribution in [2.24, 2.45) is 0 Å². The van der Waals surface area contributed by atoms with Crippen molar-refractivity contribution in [1.82, 2.24) is 4.90 Å². The van der Waals surface area contributed by atoms with Gasteiger partial charge in [0.1, 0.15) is 0 Å². The van der Waals surface area contributed by atoms with Crippen LogP contribution in [0.5, 0.6) is 0 Å². The molecule has 0 heterocycles. The highest BCUT2D eigenvalue weighted by Crippen LogP contribution is 2.10. The van der Waals surface area contributed by atoms with Gasteiger partial charge < -0.3 is 10.0 Å². The monoisotopic (exact) mass is 257 g/mol. The SMILES string of the molecule is CCN(CC)CCc1ccccc1C(=O)O.Cl. The molecule has 0 saturated heterocycles. The minimum atomic E-state index is -0.838. The molecule has 1 aromatic carbocycles. The minimum Gasteiger partial charge on any atom is -0.478 e. The van der Waals surface area contributed by atoms with Crippen molar-refractivity contribution in [1.29, 1.82) is 0 Å². The second-order valence-electron chi connectivity index (χ2n) is 3.74. The van der Waals surface area contributed by atoms with E-state index in [0.29, 0.717) is 5.56 Å². The van der Waals surface area contributed by atoms with Crippen molar-refractivity contribution in [2.75, 3.05) is 19.6 Å². The van der Waals surface area contributed by atoms with Crippen molar-refractivity contribution < 1.29 is 9.90 Å². The smallest absolute Gasteiger partial charge is 0.335 e. The second-order valence-corrected chi connectivity index (χ2v) is 3.74. The first kappa shape index (κ1) is 15.9. The molecular formula is C13H20ClNO2. The molecule has 96 valence electrons. The van der Waals surface area contributed by atoms with E-state index in [2.05, 4.69) is 18.7 Å². The van der Waals surface area contributed by atoms with Crippen molar-refractivity contribution >= 4 is 18.4 Å². The van der Waals surface area contributed by atoms with Gasteiger partial charge in [-0.05, 0) is 31.1 Å². The maximum absolute atomic E-state index is 11.0. The summed E-state index contributed by atoms with van der Waals surface area (Å²) in [7, 11) is 0. The Morgan fingerprint density at radius 2 is 1.82 bits per heavy atom. The number of aromatic carboxylic acids is 1. The zero-order valence-electron chi connectivity index (χ0n) is 10.3. The van der Waals surface area contributed by atoms with Gasteiger partial charge in [-0.25, -0.2) is 4.79 Å². The number of carboxylic acids is 1. The van der Waals surface area contributed by atoms with Crippen LogP contribution < -0.4 is 0 Å². The Balaban J connectivity index is 0.00000256. The summed E-state index contributed by atoms with van der Waals surface area (Å²) < 4.78 is 0. The Hall–Kier alpha value is -1.06. The molecular weight excluding hydrogens is 238 g/mol. The van der Waals surface area contributed by atoms with Crippen LogP contribution in [-0.4, -0.2) is 35.6 Å². The van der Waals surface area contributed by atoms with Gasteiger partial charge in [-0.3, -0.25) is 0 Å². The highest BCUT2D eigenvalue weighted by atomic mass is 35.5. The van der Waals surface area contributed by atoms with Crippen molar-refractivity contribution in [2.45, 2.75) is 20.3 Å².